The van der Waals surface area contributed by atoms with Crippen LogP contribution in [0.15, 0.2) is 18.2 Å². The molecule has 0 bridgehead atoms. The van der Waals surface area contributed by atoms with Gasteiger partial charge in [-0.25, -0.2) is 4.98 Å². The van der Waals surface area contributed by atoms with E-state index in [-0.39, 0.29) is 0 Å². The largest absolute Gasteiger partial charge is 0.297 e. The first-order valence-electron chi connectivity index (χ1n) is 5.83. The summed E-state index contributed by atoms with van der Waals surface area (Å²) in [7, 11) is 0. The van der Waals surface area contributed by atoms with Crippen molar-refractivity contribution in [3.8, 4) is 0 Å². The molecule has 0 spiro atoms. The van der Waals surface area contributed by atoms with Gasteiger partial charge in [-0.05, 0) is 38.0 Å². The fourth-order valence-corrected chi connectivity index (χ4v) is 2.24. The zero-order valence-corrected chi connectivity index (χ0v) is 11.6. The van der Waals surface area contributed by atoms with Crippen molar-refractivity contribution in [1.29, 1.82) is 0 Å². The minimum Gasteiger partial charge on any atom is -0.297 e. The van der Waals surface area contributed by atoms with Gasteiger partial charge in [0.2, 0.25) is 0 Å². The monoisotopic (exact) mass is 270 g/mol. The Bertz CT molecular complexity index is 441. The number of rotatable bonds is 2. The molecular formula is C13H16Cl2N2. The van der Waals surface area contributed by atoms with Crippen molar-refractivity contribution in [3.63, 3.8) is 0 Å². The van der Waals surface area contributed by atoms with E-state index in [4.69, 9.17) is 23.2 Å². The highest BCUT2D eigenvalue weighted by atomic mass is 35.5. The van der Waals surface area contributed by atoms with Crippen LogP contribution in [0.3, 0.4) is 0 Å². The van der Waals surface area contributed by atoms with Gasteiger partial charge in [-0.15, -0.1) is 0 Å². The van der Waals surface area contributed by atoms with Crippen LogP contribution in [0.25, 0.3) is 5.57 Å². The first kappa shape index (κ1) is 12.9. The molecule has 2 nitrogen and oxygen atoms in total. The van der Waals surface area contributed by atoms with Crippen molar-refractivity contribution in [1.82, 2.24) is 9.88 Å². The number of aromatic nitrogens is 1. The molecule has 92 valence electrons. The molecule has 0 aliphatic carbocycles. The molecule has 0 fully saturated rings. The van der Waals surface area contributed by atoms with Crippen LogP contribution in [0.1, 0.15) is 26.0 Å². The minimum absolute atomic E-state index is 0.386. The Hall–Kier alpha value is -0.570. The summed E-state index contributed by atoms with van der Waals surface area (Å²) in [6.07, 6.45) is 3.25. The SMILES string of the molecule is CC(C)N1CC=C(c2ccc(Cl)c(Cl)n2)CC1. The first-order valence-corrected chi connectivity index (χ1v) is 6.59. The maximum atomic E-state index is 5.93. The molecule has 1 aliphatic rings. The highest BCUT2D eigenvalue weighted by Gasteiger charge is 2.16. The molecule has 1 aliphatic heterocycles. The van der Waals surface area contributed by atoms with E-state index in [0.717, 1.165) is 25.2 Å². The van der Waals surface area contributed by atoms with Crippen molar-refractivity contribution < 1.29 is 0 Å². The topological polar surface area (TPSA) is 16.1 Å². The number of hydrogen-bond donors (Lipinski definition) is 0. The first-order chi connectivity index (χ1) is 8.08. The lowest BCUT2D eigenvalue weighted by molar-refractivity contribution is 0.245. The van der Waals surface area contributed by atoms with Crippen molar-refractivity contribution >= 4 is 28.8 Å². The quantitative estimate of drug-likeness (QED) is 0.759. The van der Waals surface area contributed by atoms with Gasteiger partial charge in [-0.3, -0.25) is 4.90 Å². The van der Waals surface area contributed by atoms with E-state index in [1.54, 1.807) is 0 Å². The van der Waals surface area contributed by atoms with E-state index in [2.05, 4.69) is 29.8 Å². The van der Waals surface area contributed by atoms with Gasteiger partial charge in [0.1, 0.15) is 5.15 Å². The Morgan fingerprint density at radius 3 is 2.59 bits per heavy atom. The summed E-state index contributed by atoms with van der Waals surface area (Å²) in [6, 6.07) is 4.34. The maximum Gasteiger partial charge on any atom is 0.148 e. The van der Waals surface area contributed by atoms with Gasteiger partial charge in [0.05, 0.1) is 10.7 Å². The highest BCUT2D eigenvalue weighted by molar-refractivity contribution is 6.41. The predicted octanol–water partition coefficient (Wildman–Crippen LogP) is 3.89. The molecule has 0 unspecified atom stereocenters. The number of pyridine rings is 1. The third kappa shape index (κ3) is 3.01. The van der Waals surface area contributed by atoms with E-state index in [0.29, 0.717) is 16.2 Å². The summed E-state index contributed by atoms with van der Waals surface area (Å²) in [5.74, 6) is 0. The standard InChI is InChI=1S/C13H16Cl2N2/c1-9(2)17-7-5-10(6-8-17)12-4-3-11(14)13(15)16-12/h3-5,9H,6-8H2,1-2H3. The molecule has 0 atom stereocenters. The molecule has 4 heteroatoms. The second kappa shape index (κ2) is 5.38. The molecule has 0 amide bonds. The summed E-state index contributed by atoms with van der Waals surface area (Å²) >= 11 is 11.8. The average Bonchev–Trinajstić information content (AvgIpc) is 2.33. The zero-order chi connectivity index (χ0) is 12.4. The maximum absolute atomic E-state index is 5.93. The van der Waals surface area contributed by atoms with Crippen LogP contribution in [0.2, 0.25) is 10.2 Å². The molecule has 0 radical (unpaired) electrons. The Balaban J connectivity index is 2.16. The van der Waals surface area contributed by atoms with Gasteiger partial charge in [0.25, 0.3) is 0 Å². The van der Waals surface area contributed by atoms with Crippen LogP contribution in [0, 0.1) is 0 Å². The third-order valence-electron chi connectivity index (χ3n) is 3.10. The molecule has 17 heavy (non-hydrogen) atoms. The molecule has 0 saturated carbocycles. The molecular weight excluding hydrogens is 255 g/mol. The minimum atomic E-state index is 0.386. The van der Waals surface area contributed by atoms with Crippen LogP contribution in [-0.4, -0.2) is 29.0 Å². The number of nitrogens with zero attached hydrogens (tertiary/aromatic N) is 2. The van der Waals surface area contributed by atoms with Crippen LogP contribution in [0.4, 0.5) is 0 Å². The Morgan fingerprint density at radius 2 is 2.06 bits per heavy atom. The summed E-state index contributed by atoms with van der Waals surface area (Å²) in [5.41, 5.74) is 2.21. The predicted molar refractivity (Wildman–Crippen MR) is 73.6 cm³/mol. The van der Waals surface area contributed by atoms with E-state index in [1.165, 1.54) is 5.57 Å². The summed E-state index contributed by atoms with van der Waals surface area (Å²) in [6.45, 7) is 6.49. The van der Waals surface area contributed by atoms with Crippen molar-refractivity contribution in [2.75, 3.05) is 13.1 Å². The third-order valence-corrected chi connectivity index (χ3v) is 3.79. The van der Waals surface area contributed by atoms with Crippen molar-refractivity contribution in [3.05, 3.63) is 34.1 Å². The molecule has 0 N–H and O–H groups in total. The fourth-order valence-electron chi connectivity index (χ4n) is 1.98. The Morgan fingerprint density at radius 1 is 1.29 bits per heavy atom. The molecule has 0 aromatic carbocycles. The lowest BCUT2D eigenvalue weighted by Crippen LogP contribution is -2.34. The highest BCUT2D eigenvalue weighted by Crippen LogP contribution is 2.26. The van der Waals surface area contributed by atoms with Crippen LogP contribution in [-0.2, 0) is 0 Å². The summed E-state index contributed by atoms with van der Waals surface area (Å²) in [5, 5.41) is 0.895. The van der Waals surface area contributed by atoms with Crippen LogP contribution >= 0.6 is 23.2 Å². The van der Waals surface area contributed by atoms with E-state index in [1.807, 2.05) is 12.1 Å². The lowest BCUT2D eigenvalue weighted by Gasteiger charge is -2.29. The van der Waals surface area contributed by atoms with Gasteiger partial charge in [0.15, 0.2) is 0 Å². The molecule has 1 aromatic rings. The second-order valence-corrected chi connectivity index (χ2v) is 5.30. The van der Waals surface area contributed by atoms with E-state index >= 15 is 0 Å². The Kier molecular flexibility index (Phi) is 4.08. The Labute approximate surface area is 112 Å². The van der Waals surface area contributed by atoms with E-state index < -0.39 is 0 Å². The van der Waals surface area contributed by atoms with Crippen LogP contribution in [0.5, 0.6) is 0 Å². The van der Waals surface area contributed by atoms with Gasteiger partial charge < -0.3 is 0 Å². The van der Waals surface area contributed by atoms with Gasteiger partial charge in [-0.1, -0.05) is 29.3 Å². The van der Waals surface area contributed by atoms with Gasteiger partial charge in [0, 0.05) is 19.1 Å². The number of hydrogen-bond acceptors (Lipinski definition) is 2. The smallest absolute Gasteiger partial charge is 0.148 e. The zero-order valence-electron chi connectivity index (χ0n) is 10.1. The molecule has 2 heterocycles. The molecule has 1 aromatic heterocycles. The normalized spacial score (nSPS) is 17.4. The number of halogens is 2. The second-order valence-electron chi connectivity index (χ2n) is 4.54. The van der Waals surface area contributed by atoms with E-state index in [9.17, 15) is 0 Å². The molecule has 0 saturated heterocycles. The molecule has 2 rings (SSSR count). The summed E-state index contributed by atoms with van der Waals surface area (Å²) < 4.78 is 0. The van der Waals surface area contributed by atoms with Crippen LogP contribution < -0.4 is 0 Å². The van der Waals surface area contributed by atoms with Gasteiger partial charge >= 0.3 is 0 Å². The van der Waals surface area contributed by atoms with Gasteiger partial charge in [-0.2, -0.15) is 0 Å². The lowest BCUT2D eigenvalue weighted by atomic mass is 10.0. The van der Waals surface area contributed by atoms with Crippen molar-refractivity contribution in [2.24, 2.45) is 0 Å². The van der Waals surface area contributed by atoms with Crippen molar-refractivity contribution in [2.45, 2.75) is 26.3 Å². The fraction of sp³-hybridized carbons (Fsp3) is 0.462. The average molecular weight is 271 g/mol. The summed E-state index contributed by atoms with van der Waals surface area (Å²) in [4.78, 5) is 6.74.